The maximum Gasteiger partial charge on any atom is 0.331 e. The Bertz CT molecular complexity index is 1450. The largest absolute Gasteiger partial charge is 0.479 e. The number of ether oxygens (including phenoxy) is 1. The van der Waals surface area contributed by atoms with Gasteiger partial charge in [-0.15, -0.1) is 0 Å². The second kappa shape index (κ2) is 11.6. The van der Waals surface area contributed by atoms with Crippen LogP contribution in [-0.4, -0.2) is 28.0 Å². The molecular weight excluding hydrogens is 540 g/mol. The third-order valence-corrected chi connectivity index (χ3v) is 7.30. The lowest BCUT2D eigenvalue weighted by Gasteiger charge is -2.47. The molecule has 1 aliphatic heterocycles. The normalized spacial score (nSPS) is 20.0. The number of carbonyl (C=O) groups excluding carboxylic acids is 1. The van der Waals surface area contributed by atoms with Crippen molar-refractivity contribution in [2.45, 2.75) is 30.7 Å². The van der Waals surface area contributed by atoms with Crippen LogP contribution in [0, 0.1) is 5.82 Å². The molecule has 0 saturated carbocycles. The van der Waals surface area contributed by atoms with Gasteiger partial charge in [-0.2, -0.15) is 0 Å². The van der Waals surface area contributed by atoms with Crippen molar-refractivity contribution in [3.8, 4) is 0 Å². The van der Waals surface area contributed by atoms with E-state index in [0.29, 0.717) is 26.7 Å². The van der Waals surface area contributed by atoms with E-state index in [4.69, 9.17) is 27.9 Å². The number of rotatable bonds is 7. The fourth-order valence-corrected chi connectivity index (χ4v) is 5.23. The van der Waals surface area contributed by atoms with Gasteiger partial charge >= 0.3 is 5.97 Å². The summed E-state index contributed by atoms with van der Waals surface area (Å²) in [5.41, 5.74) is 2.52. The minimum Gasteiger partial charge on any atom is -0.479 e. The molecule has 4 aromatic carbocycles. The number of nitrogens with zero attached hydrogens (tertiary/aromatic N) is 1. The molecule has 0 radical (unpaired) electrons. The minimum absolute atomic E-state index is 0.133. The summed E-state index contributed by atoms with van der Waals surface area (Å²) in [5, 5.41) is 11.5. The van der Waals surface area contributed by atoms with Crippen LogP contribution < -0.4 is 0 Å². The van der Waals surface area contributed by atoms with Crippen molar-refractivity contribution in [3.63, 3.8) is 0 Å². The van der Waals surface area contributed by atoms with Crippen LogP contribution >= 0.6 is 23.2 Å². The van der Waals surface area contributed by atoms with Crippen LogP contribution in [0.1, 0.15) is 40.4 Å². The molecule has 1 amide bonds. The van der Waals surface area contributed by atoms with E-state index in [1.54, 1.807) is 91.0 Å². The zero-order chi connectivity index (χ0) is 27.5. The smallest absolute Gasteiger partial charge is 0.331 e. The molecule has 5 nitrogen and oxygen atoms in total. The van der Waals surface area contributed by atoms with Gasteiger partial charge in [0.15, 0.2) is 6.04 Å². The number of benzene rings is 4. The highest BCUT2D eigenvalue weighted by molar-refractivity contribution is 6.30. The molecule has 4 atom stereocenters. The van der Waals surface area contributed by atoms with Gasteiger partial charge in [0, 0.05) is 16.5 Å². The molecule has 1 heterocycles. The van der Waals surface area contributed by atoms with E-state index in [1.165, 1.54) is 17.0 Å². The van der Waals surface area contributed by atoms with Crippen LogP contribution in [0.4, 0.5) is 4.39 Å². The summed E-state index contributed by atoms with van der Waals surface area (Å²) in [6.07, 6.45) is -1.63. The molecule has 0 bridgehead atoms. The first-order valence-electron chi connectivity index (χ1n) is 12.3. The van der Waals surface area contributed by atoms with Gasteiger partial charge in [-0.1, -0.05) is 89.9 Å². The van der Waals surface area contributed by atoms with Crippen molar-refractivity contribution in [2.75, 3.05) is 0 Å². The average Bonchev–Trinajstić information content (AvgIpc) is 2.93. The predicted molar refractivity (Wildman–Crippen MR) is 147 cm³/mol. The molecule has 1 fully saturated rings. The van der Waals surface area contributed by atoms with E-state index >= 15 is 0 Å². The van der Waals surface area contributed by atoms with E-state index in [9.17, 15) is 19.1 Å². The molecule has 8 heteroatoms. The number of aliphatic carboxylic acids is 1. The van der Waals surface area contributed by atoms with Crippen LogP contribution in [0.3, 0.4) is 0 Å². The van der Waals surface area contributed by atoms with Crippen molar-refractivity contribution < 1.29 is 23.8 Å². The molecule has 1 N–H and O–H groups in total. The summed E-state index contributed by atoms with van der Waals surface area (Å²) in [4.78, 5) is 28.5. The Morgan fingerprint density at radius 1 is 0.846 bits per heavy atom. The molecule has 198 valence electrons. The number of carbonyl (C=O) groups is 2. The number of amides is 1. The van der Waals surface area contributed by atoms with Gasteiger partial charge in [0.2, 0.25) is 0 Å². The SMILES string of the molecule is O=C(O)[C@H](c1ccccc1)N1C(=O)[C@@H](Cc2ccc(F)cc2)O[C@H](c2ccc(Cl)cc2)[C@@H]1c1ccc(Cl)cc1. The predicted octanol–water partition coefficient (Wildman–Crippen LogP) is 7.21. The van der Waals surface area contributed by atoms with Crippen molar-refractivity contribution in [3.05, 3.63) is 141 Å². The first-order chi connectivity index (χ1) is 18.8. The van der Waals surface area contributed by atoms with Crippen LogP contribution in [0.25, 0.3) is 0 Å². The molecule has 5 rings (SSSR count). The second-order valence-electron chi connectivity index (χ2n) is 9.32. The first-order valence-corrected chi connectivity index (χ1v) is 13.1. The van der Waals surface area contributed by atoms with Gasteiger partial charge in [-0.25, -0.2) is 9.18 Å². The molecular formula is C31H24Cl2FNO4. The Morgan fingerprint density at radius 3 is 1.97 bits per heavy atom. The highest BCUT2D eigenvalue weighted by atomic mass is 35.5. The van der Waals surface area contributed by atoms with E-state index < -0.39 is 42.0 Å². The lowest BCUT2D eigenvalue weighted by Crippen LogP contribution is -2.54. The highest BCUT2D eigenvalue weighted by Crippen LogP contribution is 2.46. The van der Waals surface area contributed by atoms with Gasteiger partial charge in [0.05, 0.1) is 6.04 Å². The topological polar surface area (TPSA) is 66.8 Å². The minimum atomic E-state index is -1.30. The Balaban J connectivity index is 1.68. The number of carboxylic acid groups (broad SMARTS) is 1. The maximum absolute atomic E-state index is 14.2. The average molecular weight is 564 g/mol. The highest BCUT2D eigenvalue weighted by Gasteiger charge is 2.49. The van der Waals surface area contributed by atoms with Crippen LogP contribution in [0.15, 0.2) is 103 Å². The van der Waals surface area contributed by atoms with Gasteiger partial charge < -0.3 is 14.7 Å². The summed E-state index contributed by atoms with van der Waals surface area (Å²) in [6, 6.07) is 26.3. The third kappa shape index (κ3) is 5.83. The lowest BCUT2D eigenvalue weighted by molar-refractivity contribution is -0.184. The Kier molecular flexibility index (Phi) is 7.98. The van der Waals surface area contributed by atoms with E-state index in [0.717, 1.165) is 5.56 Å². The summed E-state index contributed by atoms with van der Waals surface area (Å²) in [5.74, 6) is -2.06. The van der Waals surface area contributed by atoms with Crippen molar-refractivity contribution in [2.24, 2.45) is 0 Å². The molecule has 4 aromatic rings. The maximum atomic E-state index is 14.2. The molecule has 0 aromatic heterocycles. The van der Waals surface area contributed by atoms with Crippen LogP contribution in [0.2, 0.25) is 10.0 Å². The number of morpholine rings is 1. The zero-order valence-electron chi connectivity index (χ0n) is 20.6. The van der Waals surface area contributed by atoms with Gasteiger partial charge in [-0.3, -0.25) is 4.79 Å². The summed E-state index contributed by atoms with van der Waals surface area (Å²) < 4.78 is 20.1. The standard InChI is InChI=1S/C31H24Cl2FNO4/c32-23-12-8-21(9-13-23)27-29(22-10-14-24(33)15-11-22)39-26(18-19-6-16-25(34)17-7-19)30(36)35(27)28(31(37)38)20-4-2-1-3-5-20/h1-17,26-29H,18H2,(H,37,38)/t26-,27+,28+,29-/m1/s1. The molecule has 0 spiro atoms. The van der Waals surface area contributed by atoms with Crippen molar-refractivity contribution >= 4 is 35.1 Å². The fraction of sp³-hybridized carbons (Fsp3) is 0.161. The van der Waals surface area contributed by atoms with E-state index in [-0.39, 0.29) is 6.42 Å². The van der Waals surface area contributed by atoms with Crippen molar-refractivity contribution in [1.29, 1.82) is 0 Å². The quantitative estimate of drug-likeness (QED) is 0.258. The summed E-state index contributed by atoms with van der Waals surface area (Å²) in [7, 11) is 0. The lowest BCUT2D eigenvalue weighted by atomic mass is 9.88. The Hall–Kier alpha value is -3.71. The number of carboxylic acids is 1. The second-order valence-corrected chi connectivity index (χ2v) is 10.2. The van der Waals surface area contributed by atoms with Gasteiger partial charge in [0.1, 0.15) is 18.0 Å². The Labute approximate surface area is 235 Å². The molecule has 0 aliphatic carbocycles. The number of hydrogen-bond donors (Lipinski definition) is 1. The van der Waals surface area contributed by atoms with Crippen LogP contribution in [0.5, 0.6) is 0 Å². The number of hydrogen-bond acceptors (Lipinski definition) is 3. The zero-order valence-corrected chi connectivity index (χ0v) is 22.1. The summed E-state index contributed by atoms with van der Waals surface area (Å²) >= 11 is 12.3. The van der Waals surface area contributed by atoms with E-state index in [1.807, 2.05) is 0 Å². The monoisotopic (exact) mass is 563 g/mol. The number of halogens is 3. The molecule has 1 saturated heterocycles. The van der Waals surface area contributed by atoms with Gasteiger partial charge in [-0.05, 0) is 58.7 Å². The molecule has 1 aliphatic rings. The van der Waals surface area contributed by atoms with Crippen molar-refractivity contribution in [1.82, 2.24) is 4.90 Å². The third-order valence-electron chi connectivity index (χ3n) is 6.80. The first kappa shape index (κ1) is 26.9. The molecule has 39 heavy (non-hydrogen) atoms. The van der Waals surface area contributed by atoms with Crippen LogP contribution in [-0.2, 0) is 20.7 Å². The Morgan fingerprint density at radius 2 is 1.41 bits per heavy atom. The van der Waals surface area contributed by atoms with Gasteiger partial charge in [0.25, 0.3) is 5.91 Å². The fourth-order valence-electron chi connectivity index (χ4n) is 4.98. The molecule has 0 unspecified atom stereocenters. The van der Waals surface area contributed by atoms with E-state index in [2.05, 4.69) is 0 Å². The summed E-state index contributed by atoms with van der Waals surface area (Å²) in [6.45, 7) is 0.